The normalized spacial score (nSPS) is 19.9. The third-order valence-electron chi connectivity index (χ3n) is 5.98. The van der Waals surface area contributed by atoms with Gasteiger partial charge in [0.1, 0.15) is 6.17 Å². The molecule has 1 saturated carbocycles. The number of fused-ring (bicyclic) bond motifs is 1. The summed E-state index contributed by atoms with van der Waals surface area (Å²) in [5, 5.41) is 12.8. The van der Waals surface area contributed by atoms with Crippen molar-refractivity contribution in [3.8, 4) is 0 Å². The lowest BCUT2D eigenvalue weighted by molar-refractivity contribution is 0.0966. The Morgan fingerprint density at radius 2 is 2.00 bits per heavy atom. The molecule has 7 nitrogen and oxygen atoms in total. The van der Waals surface area contributed by atoms with Gasteiger partial charge < -0.3 is 25.8 Å². The molecule has 1 aliphatic carbocycles. The Morgan fingerprint density at radius 1 is 1.17 bits per heavy atom. The zero-order chi connectivity index (χ0) is 20.8. The first kappa shape index (κ1) is 18.5. The molecule has 0 spiro atoms. The predicted octanol–water partition coefficient (Wildman–Crippen LogP) is 2.80. The van der Waals surface area contributed by atoms with Crippen LogP contribution < -0.4 is 26.8 Å². The van der Waals surface area contributed by atoms with E-state index < -0.39 is 0 Å². The van der Waals surface area contributed by atoms with Crippen molar-refractivity contribution in [1.82, 2.24) is 15.2 Å². The van der Waals surface area contributed by atoms with Gasteiger partial charge in [0.2, 0.25) is 0 Å². The van der Waals surface area contributed by atoms with E-state index in [-0.39, 0.29) is 17.6 Å². The molecule has 5 rings (SSSR count). The zero-order valence-corrected chi connectivity index (χ0v) is 17.1. The number of hydrogen-bond acceptors (Lipinski definition) is 5. The number of benzene rings is 1. The van der Waals surface area contributed by atoms with Crippen molar-refractivity contribution in [2.75, 3.05) is 17.7 Å². The summed E-state index contributed by atoms with van der Waals surface area (Å²) < 4.78 is 1.81. The van der Waals surface area contributed by atoms with Gasteiger partial charge in [-0.05, 0) is 54.7 Å². The standard InChI is InChI=1S/C23H25N5O2/c1-13-9-20(27-14-7-8-28(15-3-4-15)21(29)10-14)25-11-17(13)16-5-6-19(24-2)22-18(16)12-26-23(22)30/h5-11,15,20,24-25,27H,3-4,12H2,1-2H3,(H,26,30). The van der Waals surface area contributed by atoms with Crippen LogP contribution in [-0.4, -0.2) is 23.7 Å². The molecule has 0 saturated heterocycles. The van der Waals surface area contributed by atoms with Gasteiger partial charge in [0, 0.05) is 55.0 Å². The molecule has 7 heteroatoms. The number of aromatic nitrogens is 1. The van der Waals surface area contributed by atoms with Crippen molar-refractivity contribution in [3.63, 3.8) is 0 Å². The molecule has 1 aromatic heterocycles. The average Bonchev–Trinajstić information content (AvgIpc) is 3.50. The number of hydrogen-bond donors (Lipinski definition) is 4. The lowest BCUT2D eigenvalue weighted by Gasteiger charge is -2.25. The van der Waals surface area contributed by atoms with Crippen molar-refractivity contribution in [2.24, 2.45) is 0 Å². The first-order valence-electron chi connectivity index (χ1n) is 10.3. The van der Waals surface area contributed by atoms with E-state index in [0.29, 0.717) is 12.6 Å². The number of nitrogens with zero attached hydrogens (tertiary/aromatic N) is 1. The van der Waals surface area contributed by atoms with Gasteiger partial charge in [-0.2, -0.15) is 0 Å². The summed E-state index contributed by atoms with van der Waals surface area (Å²) in [6.45, 7) is 2.59. The fourth-order valence-corrected chi connectivity index (χ4v) is 4.27. The molecule has 0 bridgehead atoms. The van der Waals surface area contributed by atoms with Crippen molar-refractivity contribution in [1.29, 1.82) is 0 Å². The first-order valence-corrected chi connectivity index (χ1v) is 10.3. The molecular formula is C23H25N5O2. The van der Waals surface area contributed by atoms with Crippen molar-refractivity contribution in [3.05, 3.63) is 75.4 Å². The van der Waals surface area contributed by atoms with Crippen molar-refractivity contribution < 1.29 is 4.79 Å². The van der Waals surface area contributed by atoms with E-state index in [1.807, 2.05) is 36.1 Å². The molecule has 0 radical (unpaired) electrons. The molecule has 3 heterocycles. The summed E-state index contributed by atoms with van der Waals surface area (Å²) in [5.41, 5.74) is 6.63. The summed E-state index contributed by atoms with van der Waals surface area (Å²) in [4.78, 5) is 24.6. The number of rotatable bonds is 5. The molecule has 2 aliphatic heterocycles. The van der Waals surface area contributed by atoms with E-state index in [0.717, 1.165) is 52.1 Å². The van der Waals surface area contributed by atoms with Gasteiger partial charge in [0.05, 0.1) is 5.56 Å². The Morgan fingerprint density at radius 3 is 2.70 bits per heavy atom. The lowest BCUT2D eigenvalue weighted by atomic mass is 9.91. The van der Waals surface area contributed by atoms with Crippen LogP contribution in [-0.2, 0) is 6.54 Å². The number of carbonyl (C=O) groups excluding carboxylic acids is 1. The van der Waals surface area contributed by atoms with E-state index in [2.05, 4.69) is 40.3 Å². The Bertz CT molecular complexity index is 1160. The number of carbonyl (C=O) groups is 1. The van der Waals surface area contributed by atoms with Crippen LogP contribution in [0.15, 0.2) is 53.1 Å². The largest absolute Gasteiger partial charge is 0.387 e. The third kappa shape index (κ3) is 3.16. The monoisotopic (exact) mass is 403 g/mol. The van der Waals surface area contributed by atoms with Crippen LogP contribution in [0.3, 0.4) is 0 Å². The molecule has 30 heavy (non-hydrogen) atoms. The van der Waals surface area contributed by atoms with Gasteiger partial charge in [-0.15, -0.1) is 0 Å². The number of allylic oxidation sites excluding steroid dienone is 2. The zero-order valence-electron chi connectivity index (χ0n) is 17.1. The van der Waals surface area contributed by atoms with E-state index in [1.165, 1.54) is 0 Å². The number of nitrogens with one attached hydrogen (secondary N) is 4. The number of dihydropyridines is 1. The SMILES string of the molecule is CNc1ccc(C2=CNC(Nc3ccn(C4CC4)c(=O)c3)C=C2C)c2c1C(=O)NC2. The molecule has 1 amide bonds. The highest BCUT2D eigenvalue weighted by molar-refractivity contribution is 6.05. The minimum absolute atomic E-state index is 0.0348. The summed E-state index contributed by atoms with van der Waals surface area (Å²) >= 11 is 0. The maximum atomic E-state index is 12.3. The van der Waals surface area contributed by atoms with Crippen molar-refractivity contribution in [2.45, 2.75) is 38.5 Å². The maximum absolute atomic E-state index is 12.3. The van der Waals surface area contributed by atoms with Crippen LogP contribution in [0.4, 0.5) is 11.4 Å². The number of amides is 1. The van der Waals surface area contributed by atoms with Gasteiger partial charge in [0.25, 0.3) is 11.5 Å². The van der Waals surface area contributed by atoms with E-state index in [4.69, 9.17) is 0 Å². The van der Waals surface area contributed by atoms with Crippen LogP contribution in [0.25, 0.3) is 5.57 Å². The fourth-order valence-electron chi connectivity index (χ4n) is 4.27. The predicted molar refractivity (Wildman–Crippen MR) is 118 cm³/mol. The van der Waals surface area contributed by atoms with Crippen LogP contribution >= 0.6 is 0 Å². The third-order valence-corrected chi connectivity index (χ3v) is 5.98. The summed E-state index contributed by atoms with van der Waals surface area (Å²) in [7, 11) is 1.83. The minimum Gasteiger partial charge on any atom is -0.387 e. The van der Waals surface area contributed by atoms with Gasteiger partial charge >= 0.3 is 0 Å². The second kappa shape index (κ2) is 7.09. The summed E-state index contributed by atoms with van der Waals surface area (Å²) in [6.07, 6.45) is 8.02. The lowest BCUT2D eigenvalue weighted by Crippen LogP contribution is -2.34. The second-order valence-electron chi connectivity index (χ2n) is 8.04. The fraction of sp³-hybridized carbons (Fsp3) is 0.304. The van der Waals surface area contributed by atoms with Gasteiger partial charge in [-0.3, -0.25) is 9.59 Å². The molecule has 3 aliphatic rings. The molecule has 1 aromatic carbocycles. The van der Waals surface area contributed by atoms with E-state index in [9.17, 15) is 9.59 Å². The van der Waals surface area contributed by atoms with Crippen molar-refractivity contribution >= 4 is 22.9 Å². The Hall–Kier alpha value is -3.48. The molecule has 1 fully saturated rings. The first-order chi connectivity index (χ1) is 14.5. The van der Waals surface area contributed by atoms with Crippen LogP contribution in [0, 0.1) is 0 Å². The molecule has 2 aromatic rings. The Balaban J connectivity index is 1.38. The van der Waals surface area contributed by atoms with Crippen LogP contribution in [0.2, 0.25) is 0 Å². The van der Waals surface area contributed by atoms with Gasteiger partial charge in [0.15, 0.2) is 0 Å². The molecule has 4 N–H and O–H groups in total. The van der Waals surface area contributed by atoms with Gasteiger partial charge in [-0.25, -0.2) is 0 Å². The molecule has 1 atom stereocenters. The molecular weight excluding hydrogens is 378 g/mol. The highest BCUT2D eigenvalue weighted by atomic mass is 16.2. The number of anilines is 2. The second-order valence-corrected chi connectivity index (χ2v) is 8.04. The highest BCUT2D eigenvalue weighted by Crippen LogP contribution is 2.35. The minimum atomic E-state index is -0.116. The van der Waals surface area contributed by atoms with E-state index >= 15 is 0 Å². The summed E-state index contributed by atoms with van der Waals surface area (Å²) in [5.74, 6) is -0.0392. The Labute approximate surface area is 174 Å². The van der Waals surface area contributed by atoms with E-state index in [1.54, 1.807) is 6.07 Å². The maximum Gasteiger partial charge on any atom is 0.254 e. The summed E-state index contributed by atoms with van der Waals surface area (Å²) in [6, 6.07) is 7.99. The van der Waals surface area contributed by atoms with Crippen LogP contribution in [0.5, 0.6) is 0 Å². The molecule has 154 valence electrons. The number of pyridine rings is 1. The average molecular weight is 403 g/mol. The van der Waals surface area contributed by atoms with Gasteiger partial charge in [-0.1, -0.05) is 6.07 Å². The molecule has 1 unspecified atom stereocenters. The smallest absolute Gasteiger partial charge is 0.254 e. The van der Waals surface area contributed by atoms with Crippen LogP contribution in [0.1, 0.15) is 47.3 Å². The Kier molecular flexibility index (Phi) is 4.38. The quantitative estimate of drug-likeness (QED) is 0.617. The topological polar surface area (TPSA) is 87.2 Å². The highest BCUT2D eigenvalue weighted by Gasteiger charge is 2.27.